The third-order valence-corrected chi connectivity index (χ3v) is 3.71. The van der Waals surface area contributed by atoms with Crippen molar-refractivity contribution in [3.63, 3.8) is 0 Å². The Labute approximate surface area is 98.4 Å². The van der Waals surface area contributed by atoms with E-state index in [4.69, 9.17) is 0 Å². The molecule has 0 amide bonds. The van der Waals surface area contributed by atoms with Gasteiger partial charge in [-0.1, -0.05) is 6.92 Å². The van der Waals surface area contributed by atoms with Crippen molar-refractivity contribution >= 4 is 27.3 Å². The molecule has 0 atom stereocenters. The second-order valence-electron chi connectivity index (χ2n) is 3.33. The number of halogens is 1. The molecule has 1 rings (SSSR count). The molecule has 4 heteroatoms. The summed E-state index contributed by atoms with van der Waals surface area (Å²) in [6, 6.07) is 2.17. The van der Waals surface area contributed by atoms with E-state index in [0.29, 0.717) is 0 Å². The maximum absolute atomic E-state index is 3.46. The van der Waals surface area contributed by atoms with Crippen LogP contribution in [0.15, 0.2) is 15.2 Å². The van der Waals surface area contributed by atoms with Gasteiger partial charge in [0.15, 0.2) is 0 Å². The van der Waals surface area contributed by atoms with Gasteiger partial charge in [-0.3, -0.25) is 0 Å². The normalized spacial score (nSPS) is 11.1. The molecular formula is C10H17BrN2S. The van der Waals surface area contributed by atoms with Crippen molar-refractivity contribution in [1.29, 1.82) is 0 Å². The van der Waals surface area contributed by atoms with Crippen LogP contribution in [0, 0.1) is 0 Å². The van der Waals surface area contributed by atoms with Crippen molar-refractivity contribution in [1.82, 2.24) is 10.2 Å². The van der Waals surface area contributed by atoms with Crippen LogP contribution >= 0.6 is 27.3 Å². The molecule has 0 saturated carbocycles. The van der Waals surface area contributed by atoms with Crippen LogP contribution in [0.4, 0.5) is 0 Å². The predicted octanol–water partition coefficient (Wildman–Crippen LogP) is 2.55. The summed E-state index contributed by atoms with van der Waals surface area (Å²) in [4.78, 5) is 2.30. The zero-order valence-electron chi connectivity index (χ0n) is 8.72. The van der Waals surface area contributed by atoms with Crippen molar-refractivity contribution < 1.29 is 0 Å². The maximum Gasteiger partial charge on any atom is 0.0701 e. The third kappa shape index (κ3) is 4.55. The van der Waals surface area contributed by atoms with Crippen molar-refractivity contribution in [3.05, 3.63) is 20.8 Å². The third-order valence-electron chi connectivity index (χ3n) is 2.16. The van der Waals surface area contributed by atoms with Crippen LogP contribution in [0.1, 0.15) is 12.5 Å². The minimum Gasteiger partial charge on any atom is -0.311 e. The number of nitrogens with zero attached hydrogens (tertiary/aromatic N) is 1. The van der Waals surface area contributed by atoms with Crippen molar-refractivity contribution in [3.8, 4) is 0 Å². The molecule has 0 spiro atoms. The maximum atomic E-state index is 3.46. The standard InChI is InChI=1S/C10H17BrN2S/c1-3-13(2)5-4-12-7-9-6-10(11)14-8-9/h6,8,12H,3-5,7H2,1-2H3. The molecule has 0 aromatic carbocycles. The number of rotatable bonds is 6. The molecule has 0 aliphatic rings. The van der Waals surface area contributed by atoms with Gasteiger partial charge in [0, 0.05) is 19.6 Å². The van der Waals surface area contributed by atoms with Gasteiger partial charge in [-0.25, -0.2) is 0 Å². The smallest absolute Gasteiger partial charge is 0.0701 e. The van der Waals surface area contributed by atoms with Crippen LogP contribution in [0.5, 0.6) is 0 Å². The molecule has 2 nitrogen and oxygen atoms in total. The van der Waals surface area contributed by atoms with Crippen LogP contribution in [0.25, 0.3) is 0 Å². The highest BCUT2D eigenvalue weighted by Gasteiger charge is 1.97. The van der Waals surface area contributed by atoms with E-state index in [2.05, 4.69) is 51.6 Å². The van der Waals surface area contributed by atoms with E-state index in [1.54, 1.807) is 11.3 Å². The first-order valence-electron chi connectivity index (χ1n) is 4.84. The van der Waals surface area contributed by atoms with E-state index in [-0.39, 0.29) is 0 Å². The molecule has 0 aliphatic heterocycles. The van der Waals surface area contributed by atoms with Gasteiger partial charge in [0.25, 0.3) is 0 Å². The van der Waals surface area contributed by atoms with Crippen LogP contribution < -0.4 is 5.32 Å². The number of hydrogen-bond acceptors (Lipinski definition) is 3. The number of thiophene rings is 1. The fourth-order valence-corrected chi connectivity index (χ4v) is 2.31. The quantitative estimate of drug-likeness (QED) is 0.804. The Balaban J connectivity index is 2.10. The molecule has 0 bridgehead atoms. The zero-order valence-corrected chi connectivity index (χ0v) is 11.1. The molecule has 1 heterocycles. The Kier molecular flexibility index (Phi) is 5.70. The second kappa shape index (κ2) is 6.56. The van der Waals surface area contributed by atoms with Gasteiger partial charge < -0.3 is 10.2 Å². The summed E-state index contributed by atoms with van der Waals surface area (Å²) in [5, 5.41) is 5.61. The van der Waals surface area contributed by atoms with Gasteiger partial charge in [0.05, 0.1) is 3.79 Å². The zero-order chi connectivity index (χ0) is 10.4. The lowest BCUT2D eigenvalue weighted by atomic mass is 10.3. The molecular weight excluding hydrogens is 260 g/mol. The minimum atomic E-state index is 0.972. The summed E-state index contributed by atoms with van der Waals surface area (Å²) >= 11 is 5.20. The molecule has 0 saturated heterocycles. The molecule has 80 valence electrons. The SMILES string of the molecule is CCN(C)CCNCc1csc(Br)c1. The lowest BCUT2D eigenvalue weighted by Gasteiger charge is -2.13. The molecule has 1 aromatic heterocycles. The van der Waals surface area contributed by atoms with E-state index < -0.39 is 0 Å². The largest absolute Gasteiger partial charge is 0.311 e. The van der Waals surface area contributed by atoms with Gasteiger partial charge in [-0.15, -0.1) is 11.3 Å². The van der Waals surface area contributed by atoms with Gasteiger partial charge >= 0.3 is 0 Å². The Morgan fingerprint density at radius 1 is 1.57 bits per heavy atom. The van der Waals surface area contributed by atoms with Gasteiger partial charge in [-0.2, -0.15) is 0 Å². The average Bonchev–Trinajstić information content (AvgIpc) is 2.58. The molecule has 0 unspecified atom stereocenters. The molecule has 1 aromatic rings. The minimum absolute atomic E-state index is 0.972. The summed E-state index contributed by atoms with van der Waals surface area (Å²) in [6.45, 7) is 6.43. The Morgan fingerprint density at radius 3 is 2.93 bits per heavy atom. The monoisotopic (exact) mass is 276 g/mol. The molecule has 0 aliphatic carbocycles. The number of hydrogen-bond donors (Lipinski definition) is 1. The van der Waals surface area contributed by atoms with Crippen LogP contribution in [-0.4, -0.2) is 31.6 Å². The van der Waals surface area contributed by atoms with Crippen LogP contribution in [-0.2, 0) is 6.54 Å². The first-order valence-corrected chi connectivity index (χ1v) is 6.51. The lowest BCUT2D eigenvalue weighted by Crippen LogP contribution is -2.28. The Bertz CT molecular complexity index is 262. The van der Waals surface area contributed by atoms with E-state index in [0.717, 1.165) is 26.2 Å². The Hall–Kier alpha value is 0.100. The van der Waals surface area contributed by atoms with E-state index >= 15 is 0 Å². The predicted molar refractivity (Wildman–Crippen MR) is 66.9 cm³/mol. The molecule has 1 N–H and O–H groups in total. The van der Waals surface area contributed by atoms with Crippen LogP contribution in [0.2, 0.25) is 0 Å². The topological polar surface area (TPSA) is 15.3 Å². The lowest BCUT2D eigenvalue weighted by molar-refractivity contribution is 0.349. The highest BCUT2D eigenvalue weighted by Crippen LogP contribution is 2.20. The molecule has 14 heavy (non-hydrogen) atoms. The van der Waals surface area contributed by atoms with Gasteiger partial charge in [0.1, 0.15) is 0 Å². The Morgan fingerprint density at radius 2 is 2.36 bits per heavy atom. The van der Waals surface area contributed by atoms with E-state index in [1.807, 2.05) is 0 Å². The number of likely N-dealkylation sites (N-methyl/N-ethyl adjacent to an activating group) is 1. The van der Waals surface area contributed by atoms with Gasteiger partial charge in [-0.05, 0) is 46.5 Å². The van der Waals surface area contributed by atoms with E-state index in [9.17, 15) is 0 Å². The average molecular weight is 277 g/mol. The molecule has 0 fully saturated rings. The summed E-state index contributed by atoms with van der Waals surface area (Å²) in [7, 11) is 2.14. The van der Waals surface area contributed by atoms with Crippen molar-refractivity contribution in [2.24, 2.45) is 0 Å². The van der Waals surface area contributed by atoms with Crippen molar-refractivity contribution in [2.75, 3.05) is 26.7 Å². The van der Waals surface area contributed by atoms with E-state index in [1.165, 1.54) is 9.35 Å². The first-order chi connectivity index (χ1) is 6.72. The fraction of sp³-hybridized carbons (Fsp3) is 0.600. The van der Waals surface area contributed by atoms with Crippen molar-refractivity contribution in [2.45, 2.75) is 13.5 Å². The first kappa shape index (κ1) is 12.2. The highest BCUT2D eigenvalue weighted by molar-refractivity contribution is 9.11. The highest BCUT2D eigenvalue weighted by atomic mass is 79.9. The fourth-order valence-electron chi connectivity index (χ4n) is 1.10. The second-order valence-corrected chi connectivity index (χ2v) is 5.62. The summed E-state index contributed by atoms with van der Waals surface area (Å²) < 4.78 is 1.21. The molecule has 0 radical (unpaired) electrons. The summed E-state index contributed by atoms with van der Waals surface area (Å²) in [5.41, 5.74) is 1.36. The number of nitrogens with one attached hydrogen (secondary N) is 1. The van der Waals surface area contributed by atoms with Crippen LogP contribution in [0.3, 0.4) is 0 Å². The van der Waals surface area contributed by atoms with Gasteiger partial charge in [0.2, 0.25) is 0 Å². The summed E-state index contributed by atoms with van der Waals surface area (Å²) in [6.07, 6.45) is 0. The summed E-state index contributed by atoms with van der Waals surface area (Å²) in [5.74, 6) is 0.